The monoisotopic (exact) mass is 459 g/mol. The number of carbonyl (C=O) groups is 4. The largest absolute Gasteiger partial charge is 0.453 e. The third-order valence-corrected chi connectivity index (χ3v) is 3.81. The maximum Gasteiger partial charge on any atom is 0.411 e. The highest BCUT2D eigenvalue weighted by atomic mass is 16.5. The Morgan fingerprint density at radius 3 is 1.70 bits per heavy atom. The standard InChI is InChI=1S/C11H15N3O2.C11H14N2O4/c1-3-13-11(16)14-9-6-4-8(5-7-9)10(15)12-2;1-3-17-11(15)13-9-6-4-8(5-7-9)12-10(14)16-2/h4-7H,3H2,1-2H3,(H,12,15)(H2,13,14,16);4-7H,3H2,1-2H3,(H,12,14)(H,13,15). The molecule has 0 saturated heterocycles. The first-order valence-corrected chi connectivity index (χ1v) is 10.1. The van der Waals surface area contributed by atoms with Crippen LogP contribution in [0.25, 0.3) is 0 Å². The van der Waals surface area contributed by atoms with Gasteiger partial charge in [0.1, 0.15) is 0 Å². The minimum atomic E-state index is -0.545. The van der Waals surface area contributed by atoms with Crippen LogP contribution in [0, 0.1) is 0 Å². The summed E-state index contributed by atoms with van der Waals surface area (Å²) in [6, 6.07) is 13.0. The lowest BCUT2D eigenvalue weighted by molar-refractivity contribution is 0.0963. The van der Waals surface area contributed by atoms with Gasteiger partial charge in [0.05, 0.1) is 13.7 Å². The van der Waals surface area contributed by atoms with Gasteiger partial charge in [-0.05, 0) is 62.4 Å². The molecule has 5 N–H and O–H groups in total. The van der Waals surface area contributed by atoms with E-state index in [0.717, 1.165) is 0 Å². The van der Waals surface area contributed by atoms with Crippen LogP contribution in [-0.4, -0.2) is 51.4 Å². The van der Waals surface area contributed by atoms with Crippen molar-refractivity contribution >= 4 is 41.2 Å². The van der Waals surface area contributed by atoms with E-state index < -0.39 is 12.2 Å². The van der Waals surface area contributed by atoms with Crippen LogP contribution in [0.4, 0.5) is 31.4 Å². The molecule has 2 aromatic carbocycles. The van der Waals surface area contributed by atoms with E-state index in [4.69, 9.17) is 4.74 Å². The molecule has 0 saturated carbocycles. The van der Waals surface area contributed by atoms with Crippen molar-refractivity contribution in [2.75, 3.05) is 43.3 Å². The number of nitrogens with one attached hydrogen (secondary N) is 5. The maximum atomic E-state index is 11.2. The van der Waals surface area contributed by atoms with E-state index in [0.29, 0.717) is 35.8 Å². The van der Waals surface area contributed by atoms with Gasteiger partial charge in [0.15, 0.2) is 0 Å². The molecule has 0 bridgehead atoms. The number of ether oxygens (including phenoxy) is 2. The van der Waals surface area contributed by atoms with Gasteiger partial charge in [-0.2, -0.15) is 0 Å². The van der Waals surface area contributed by atoms with Gasteiger partial charge in [0, 0.05) is 36.2 Å². The topological polar surface area (TPSA) is 147 Å². The number of carbonyl (C=O) groups excluding carboxylic acids is 4. The van der Waals surface area contributed by atoms with E-state index in [2.05, 4.69) is 31.3 Å². The van der Waals surface area contributed by atoms with E-state index in [1.165, 1.54) is 7.11 Å². The highest BCUT2D eigenvalue weighted by Crippen LogP contribution is 2.14. The van der Waals surface area contributed by atoms with Crippen molar-refractivity contribution in [2.24, 2.45) is 0 Å². The molecule has 0 heterocycles. The Bertz CT molecular complexity index is 916. The molecular weight excluding hydrogens is 430 g/mol. The van der Waals surface area contributed by atoms with Crippen LogP contribution < -0.4 is 26.6 Å². The van der Waals surface area contributed by atoms with E-state index >= 15 is 0 Å². The number of anilines is 3. The number of amides is 5. The molecule has 2 aromatic rings. The summed E-state index contributed by atoms with van der Waals surface area (Å²) in [4.78, 5) is 44.4. The summed E-state index contributed by atoms with van der Waals surface area (Å²) in [5.74, 6) is -0.149. The zero-order valence-corrected chi connectivity index (χ0v) is 19.0. The summed E-state index contributed by atoms with van der Waals surface area (Å²) in [5.41, 5.74) is 2.37. The van der Waals surface area contributed by atoms with E-state index in [1.807, 2.05) is 6.92 Å². The molecule has 5 amide bonds. The summed E-state index contributed by atoms with van der Waals surface area (Å²) < 4.78 is 9.16. The molecule has 11 nitrogen and oxygen atoms in total. The van der Waals surface area contributed by atoms with Crippen molar-refractivity contribution in [2.45, 2.75) is 13.8 Å². The van der Waals surface area contributed by atoms with E-state index in [1.54, 1.807) is 62.5 Å². The third-order valence-electron chi connectivity index (χ3n) is 3.81. The molecule has 0 unspecified atom stereocenters. The van der Waals surface area contributed by atoms with Crippen molar-refractivity contribution in [1.29, 1.82) is 0 Å². The van der Waals surface area contributed by atoms with Gasteiger partial charge in [-0.25, -0.2) is 14.4 Å². The Hall–Kier alpha value is -4.28. The molecule has 0 atom stereocenters. The van der Waals surface area contributed by atoms with Crippen molar-refractivity contribution in [3.8, 4) is 0 Å². The lowest BCUT2D eigenvalue weighted by Crippen LogP contribution is -2.28. The van der Waals surface area contributed by atoms with Crippen LogP contribution in [0.3, 0.4) is 0 Å². The second kappa shape index (κ2) is 14.7. The zero-order chi connectivity index (χ0) is 24.6. The second-order valence-electron chi connectivity index (χ2n) is 6.18. The third kappa shape index (κ3) is 10.5. The van der Waals surface area contributed by atoms with Crippen molar-refractivity contribution in [3.63, 3.8) is 0 Å². The molecule has 0 aromatic heterocycles. The van der Waals surface area contributed by atoms with Crippen LogP contribution in [0.2, 0.25) is 0 Å². The number of hydrogen-bond acceptors (Lipinski definition) is 6. The van der Waals surface area contributed by atoms with Crippen LogP contribution in [0.1, 0.15) is 24.2 Å². The first-order valence-electron chi connectivity index (χ1n) is 10.1. The molecule has 11 heteroatoms. The fraction of sp³-hybridized carbons (Fsp3) is 0.273. The number of benzene rings is 2. The summed E-state index contributed by atoms with van der Waals surface area (Å²) in [6.07, 6.45) is -1.06. The first-order chi connectivity index (χ1) is 15.8. The van der Waals surface area contributed by atoms with Crippen molar-refractivity contribution in [1.82, 2.24) is 10.6 Å². The average molecular weight is 460 g/mol. The normalized spacial score (nSPS) is 9.33. The summed E-state index contributed by atoms with van der Waals surface area (Å²) in [5, 5.41) is 12.8. The predicted octanol–water partition coefficient (Wildman–Crippen LogP) is 3.62. The molecular formula is C22H29N5O6. The van der Waals surface area contributed by atoms with Gasteiger partial charge < -0.3 is 25.4 Å². The van der Waals surface area contributed by atoms with Crippen LogP contribution in [-0.2, 0) is 9.47 Å². The lowest BCUT2D eigenvalue weighted by atomic mass is 10.2. The Morgan fingerprint density at radius 1 is 0.758 bits per heavy atom. The van der Waals surface area contributed by atoms with Gasteiger partial charge >= 0.3 is 18.2 Å². The first kappa shape index (κ1) is 26.8. The number of methoxy groups -OCH3 is 1. The van der Waals surface area contributed by atoms with Gasteiger partial charge in [-0.1, -0.05) is 0 Å². The Kier molecular flexibility index (Phi) is 11.9. The van der Waals surface area contributed by atoms with Crippen LogP contribution in [0.15, 0.2) is 48.5 Å². The van der Waals surface area contributed by atoms with Crippen molar-refractivity contribution < 1.29 is 28.7 Å². The van der Waals surface area contributed by atoms with Gasteiger partial charge in [-0.15, -0.1) is 0 Å². The molecule has 178 valence electrons. The van der Waals surface area contributed by atoms with Crippen LogP contribution >= 0.6 is 0 Å². The minimum absolute atomic E-state index is 0.149. The molecule has 0 aliphatic rings. The Labute approximate surface area is 192 Å². The molecule has 0 aliphatic carbocycles. The van der Waals surface area contributed by atoms with Crippen LogP contribution in [0.5, 0.6) is 0 Å². The van der Waals surface area contributed by atoms with Crippen molar-refractivity contribution in [3.05, 3.63) is 54.1 Å². The number of urea groups is 1. The molecule has 2 rings (SSSR count). The smallest absolute Gasteiger partial charge is 0.411 e. The summed E-state index contributed by atoms with van der Waals surface area (Å²) >= 11 is 0. The van der Waals surface area contributed by atoms with E-state index in [9.17, 15) is 19.2 Å². The number of hydrogen-bond donors (Lipinski definition) is 5. The molecule has 0 spiro atoms. The highest BCUT2D eigenvalue weighted by Gasteiger charge is 2.04. The number of rotatable bonds is 6. The molecule has 0 aliphatic heterocycles. The minimum Gasteiger partial charge on any atom is -0.453 e. The fourth-order valence-electron chi connectivity index (χ4n) is 2.28. The van der Waals surface area contributed by atoms with Gasteiger partial charge in [-0.3, -0.25) is 15.4 Å². The average Bonchev–Trinajstić information content (AvgIpc) is 2.81. The zero-order valence-electron chi connectivity index (χ0n) is 19.0. The molecule has 0 radical (unpaired) electrons. The highest BCUT2D eigenvalue weighted by molar-refractivity contribution is 5.95. The predicted molar refractivity (Wildman–Crippen MR) is 126 cm³/mol. The Morgan fingerprint density at radius 2 is 1.24 bits per heavy atom. The Balaban J connectivity index is 0.000000331. The lowest BCUT2D eigenvalue weighted by Gasteiger charge is -2.07. The van der Waals surface area contributed by atoms with Gasteiger partial charge in [0.25, 0.3) is 5.91 Å². The fourth-order valence-corrected chi connectivity index (χ4v) is 2.28. The maximum absolute atomic E-state index is 11.2. The molecule has 0 fully saturated rings. The molecule has 33 heavy (non-hydrogen) atoms. The summed E-state index contributed by atoms with van der Waals surface area (Å²) in [7, 11) is 2.86. The second-order valence-corrected chi connectivity index (χ2v) is 6.18. The SMILES string of the molecule is CCNC(=O)Nc1ccc(C(=O)NC)cc1.CCOC(=O)Nc1ccc(NC(=O)OC)cc1. The quantitative estimate of drug-likeness (QED) is 0.446. The summed E-state index contributed by atoms with van der Waals surface area (Å²) in [6.45, 7) is 4.45. The van der Waals surface area contributed by atoms with E-state index in [-0.39, 0.29) is 11.9 Å². The van der Waals surface area contributed by atoms with Gasteiger partial charge in [0.2, 0.25) is 0 Å².